The van der Waals surface area contributed by atoms with E-state index in [2.05, 4.69) is 59.9 Å². The molecule has 0 radical (unpaired) electrons. The summed E-state index contributed by atoms with van der Waals surface area (Å²) in [6, 6.07) is 12.5. The first-order chi connectivity index (χ1) is 9.40. The lowest BCUT2D eigenvalue weighted by molar-refractivity contribution is 1.18. The van der Waals surface area contributed by atoms with Gasteiger partial charge in [0.05, 0.1) is 0 Å². The molecule has 0 aliphatic carbocycles. The highest BCUT2D eigenvalue weighted by molar-refractivity contribution is 9.10. The predicted molar refractivity (Wildman–Crippen MR) is 94.0 cm³/mol. The molecule has 0 atom stereocenters. The monoisotopic (exact) mass is 348 g/mol. The largest absolute Gasteiger partial charge is 0.389 e. The van der Waals surface area contributed by atoms with Gasteiger partial charge in [-0.3, -0.25) is 0 Å². The van der Waals surface area contributed by atoms with Crippen LogP contribution in [-0.4, -0.2) is 12.0 Å². The van der Waals surface area contributed by atoms with Crippen molar-refractivity contribution in [3.8, 4) is 0 Å². The number of nitrogens with zero attached hydrogens (tertiary/aromatic N) is 1. The van der Waals surface area contributed by atoms with E-state index in [1.54, 1.807) is 0 Å². The third kappa shape index (κ3) is 3.02. The molecule has 0 unspecified atom stereocenters. The lowest BCUT2D eigenvalue weighted by Gasteiger charge is -2.22. The van der Waals surface area contributed by atoms with Crippen molar-refractivity contribution < 1.29 is 0 Å². The minimum atomic E-state index is 0.401. The first kappa shape index (κ1) is 15.0. The van der Waals surface area contributed by atoms with Gasteiger partial charge in [-0.25, -0.2) is 0 Å². The number of benzene rings is 2. The van der Waals surface area contributed by atoms with Crippen molar-refractivity contribution in [3.63, 3.8) is 0 Å². The summed E-state index contributed by atoms with van der Waals surface area (Å²) in [4.78, 5) is 2.56. The zero-order valence-electron chi connectivity index (χ0n) is 11.8. The Labute approximate surface area is 133 Å². The Bertz CT molecular complexity index is 668. The summed E-state index contributed by atoms with van der Waals surface area (Å²) in [7, 11) is 2.06. The predicted octanol–water partition coefficient (Wildman–Crippen LogP) is 4.47. The molecule has 20 heavy (non-hydrogen) atoms. The molecule has 0 saturated carbocycles. The quantitative estimate of drug-likeness (QED) is 0.829. The lowest BCUT2D eigenvalue weighted by atomic mass is 10.1. The van der Waals surface area contributed by atoms with Gasteiger partial charge in [0.25, 0.3) is 0 Å². The summed E-state index contributed by atoms with van der Waals surface area (Å²) in [5, 5.41) is 0. The second-order valence-electron chi connectivity index (χ2n) is 4.88. The second kappa shape index (κ2) is 5.94. The van der Waals surface area contributed by atoms with Crippen LogP contribution in [0.3, 0.4) is 0 Å². The van der Waals surface area contributed by atoms with Gasteiger partial charge in [-0.05, 0) is 59.6 Å². The fourth-order valence-electron chi connectivity index (χ4n) is 2.23. The van der Waals surface area contributed by atoms with Crippen molar-refractivity contribution >= 4 is 44.5 Å². The van der Waals surface area contributed by atoms with E-state index >= 15 is 0 Å². The average molecular weight is 349 g/mol. The van der Waals surface area contributed by atoms with Crippen LogP contribution in [0.25, 0.3) is 0 Å². The molecule has 2 N–H and O–H groups in total. The van der Waals surface area contributed by atoms with Crippen LogP contribution in [0.4, 0.5) is 11.4 Å². The molecule has 4 heteroatoms. The van der Waals surface area contributed by atoms with Gasteiger partial charge >= 0.3 is 0 Å². The number of hydrogen-bond acceptors (Lipinski definition) is 2. The van der Waals surface area contributed by atoms with Gasteiger partial charge in [-0.2, -0.15) is 0 Å². The van der Waals surface area contributed by atoms with Crippen LogP contribution in [0.1, 0.15) is 16.7 Å². The zero-order chi connectivity index (χ0) is 14.9. The van der Waals surface area contributed by atoms with Gasteiger partial charge in [0.15, 0.2) is 0 Å². The maximum absolute atomic E-state index is 5.68. The molecule has 0 spiro atoms. The molecule has 0 bridgehead atoms. The Kier molecular flexibility index (Phi) is 4.45. The fourth-order valence-corrected chi connectivity index (χ4v) is 3.12. The van der Waals surface area contributed by atoms with Gasteiger partial charge in [0.1, 0.15) is 4.99 Å². The fraction of sp³-hybridized carbons (Fsp3) is 0.188. The van der Waals surface area contributed by atoms with Crippen molar-refractivity contribution in [1.29, 1.82) is 0 Å². The SMILES string of the molecule is Cc1ccc(N(C)c2ccc(C(N)=S)c(Br)c2)c(C)c1. The Hall–Kier alpha value is -1.39. The van der Waals surface area contributed by atoms with Crippen LogP contribution in [-0.2, 0) is 0 Å². The Morgan fingerprint density at radius 2 is 1.85 bits per heavy atom. The number of thiocarbonyl (C=S) groups is 1. The van der Waals surface area contributed by atoms with Crippen molar-refractivity contribution in [1.82, 2.24) is 0 Å². The molecule has 2 rings (SSSR count). The van der Waals surface area contributed by atoms with Crippen LogP contribution in [0, 0.1) is 13.8 Å². The summed E-state index contributed by atoms with van der Waals surface area (Å²) in [5.74, 6) is 0. The summed E-state index contributed by atoms with van der Waals surface area (Å²) in [6.07, 6.45) is 0. The van der Waals surface area contributed by atoms with Gasteiger partial charge in [-0.15, -0.1) is 0 Å². The number of hydrogen-bond donors (Lipinski definition) is 1. The average Bonchev–Trinajstić information content (AvgIpc) is 2.37. The molecule has 2 aromatic carbocycles. The zero-order valence-corrected chi connectivity index (χ0v) is 14.2. The Balaban J connectivity index is 2.40. The maximum Gasteiger partial charge on any atom is 0.105 e. The van der Waals surface area contributed by atoms with Crippen molar-refractivity contribution in [3.05, 3.63) is 57.6 Å². The van der Waals surface area contributed by atoms with Gasteiger partial charge in [0.2, 0.25) is 0 Å². The van der Waals surface area contributed by atoms with E-state index < -0.39 is 0 Å². The number of aryl methyl sites for hydroxylation is 2. The van der Waals surface area contributed by atoms with E-state index in [0.29, 0.717) is 4.99 Å². The molecule has 2 aromatic rings. The molecule has 104 valence electrons. The number of anilines is 2. The molecule has 0 aliphatic heterocycles. The maximum atomic E-state index is 5.68. The first-order valence-electron chi connectivity index (χ1n) is 6.30. The highest BCUT2D eigenvalue weighted by Crippen LogP contribution is 2.30. The van der Waals surface area contributed by atoms with E-state index in [1.165, 1.54) is 16.8 Å². The summed E-state index contributed by atoms with van der Waals surface area (Å²) >= 11 is 8.55. The smallest absolute Gasteiger partial charge is 0.105 e. The van der Waals surface area contributed by atoms with Crippen LogP contribution < -0.4 is 10.6 Å². The van der Waals surface area contributed by atoms with Gasteiger partial charge < -0.3 is 10.6 Å². The molecule has 0 saturated heterocycles. The summed E-state index contributed by atoms with van der Waals surface area (Å²) in [5.41, 5.74) is 11.3. The van der Waals surface area contributed by atoms with Crippen LogP contribution >= 0.6 is 28.1 Å². The van der Waals surface area contributed by atoms with E-state index in [4.69, 9.17) is 18.0 Å². The van der Waals surface area contributed by atoms with Crippen LogP contribution in [0.5, 0.6) is 0 Å². The molecule has 0 fully saturated rings. The number of halogens is 1. The number of rotatable bonds is 3. The first-order valence-corrected chi connectivity index (χ1v) is 7.50. The molecule has 0 amide bonds. The van der Waals surface area contributed by atoms with E-state index in [1.807, 2.05) is 18.2 Å². The van der Waals surface area contributed by atoms with Crippen molar-refractivity contribution in [2.75, 3.05) is 11.9 Å². The van der Waals surface area contributed by atoms with Gasteiger partial charge in [0, 0.05) is 28.5 Å². The highest BCUT2D eigenvalue weighted by Gasteiger charge is 2.10. The third-order valence-electron chi connectivity index (χ3n) is 3.32. The molecule has 2 nitrogen and oxygen atoms in total. The molecule has 0 aliphatic rings. The van der Waals surface area contributed by atoms with Crippen molar-refractivity contribution in [2.45, 2.75) is 13.8 Å². The summed E-state index contributed by atoms with van der Waals surface area (Å²) in [6.45, 7) is 4.22. The Morgan fingerprint density at radius 3 is 2.40 bits per heavy atom. The van der Waals surface area contributed by atoms with Crippen LogP contribution in [0.15, 0.2) is 40.9 Å². The number of nitrogens with two attached hydrogens (primary N) is 1. The third-order valence-corrected chi connectivity index (χ3v) is 4.20. The molecule has 0 aromatic heterocycles. The molecular weight excluding hydrogens is 332 g/mol. The highest BCUT2D eigenvalue weighted by atomic mass is 79.9. The van der Waals surface area contributed by atoms with E-state index in [0.717, 1.165) is 15.7 Å². The van der Waals surface area contributed by atoms with E-state index in [9.17, 15) is 0 Å². The minimum absolute atomic E-state index is 0.401. The lowest BCUT2D eigenvalue weighted by Crippen LogP contribution is -2.13. The van der Waals surface area contributed by atoms with E-state index in [-0.39, 0.29) is 0 Å². The molecule has 0 heterocycles. The van der Waals surface area contributed by atoms with Crippen molar-refractivity contribution in [2.24, 2.45) is 5.73 Å². The normalized spacial score (nSPS) is 10.4. The topological polar surface area (TPSA) is 29.3 Å². The second-order valence-corrected chi connectivity index (χ2v) is 6.17. The Morgan fingerprint density at radius 1 is 1.15 bits per heavy atom. The molecular formula is C16H17BrN2S. The van der Waals surface area contributed by atoms with Gasteiger partial charge in [-0.1, -0.05) is 29.9 Å². The van der Waals surface area contributed by atoms with Crippen LogP contribution in [0.2, 0.25) is 0 Å². The summed E-state index contributed by atoms with van der Waals surface area (Å²) < 4.78 is 0.916. The minimum Gasteiger partial charge on any atom is -0.389 e. The standard InChI is InChI=1S/C16H17BrN2S/c1-10-4-7-15(11(2)8-10)19(3)12-5-6-13(16(18)20)14(17)9-12/h4-9H,1-3H3,(H2,18,20).